The molecule has 0 radical (unpaired) electrons. The lowest BCUT2D eigenvalue weighted by Crippen LogP contribution is -2.28. The van der Waals surface area contributed by atoms with E-state index < -0.39 is 0 Å². The fourth-order valence-corrected chi connectivity index (χ4v) is 2.70. The van der Waals surface area contributed by atoms with Gasteiger partial charge in [0.15, 0.2) is 0 Å². The van der Waals surface area contributed by atoms with E-state index >= 15 is 0 Å². The minimum atomic E-state index is -0.265. The molecule has 0 unspecified atom stereocenters. The Balaban J connectivity index is 1.77. The van der Waals surface area contributed by atoms with Crippen LogP contribution in [-0.2, 0) is 6.54 Å². The lowest BCUT2D eigenvalue weighted by atomic mass is 10.0. The Morgan fingerprint density at radius 1 is 1.22 bits per heavy atom. The number of amides is 2. The quantitative estimate of drug-likeness (QED) is 0.688. The number of aromatic nitrogens is 2. The molecule has 0 fully saturated rings. The van der Waals surface area contributed by atoms with Gasteiger partial charge in [0.25, 0.3) is 0 Å². The van der Waals surface area contributed by atoms with Crippen LogP contribution in [-0.4, -0.2) is 16.0 Å². The van der Waals surface area contributed by atoms with Crippen LogP contribution in [0.5, 0.6) is 0 Å². The summed E-state index contributed by atoms with van der Waals surface area (Å²) in [7, 11) is 0. The number of anilines is 1. The normalized spacial score (nSPS) is 10.7. The van der Waals surface area contributed by atoms with E-state index in [1.165, 1.54) is 16.5 Å². The Kier molecular flexibility index (Phi) is 4.02. The Morgan fingerprint density at radius 2 is 2.04 bits per heavy atom. The zero-order chi connectivity index (χ0) is 16.4. The molecule has 0 aliphatic heterocycles. The number of hydrogen-bond acceptors (Lipinski definition) is 2. The van der Waals surface area contributed by atoms with Gasteiger partial charge in [-0.3, -0.25) is 5.32 Å². The number of rotatable bonds is 3. The number of fused-ring (bicyclic) bond motifs is 1. The van der Waals surface area contributed by atoms with E-state index in [9.17, 15) is 4.79 Å². The zero-order valence-electron chi connectivity index (χ0n) is 13.5. The Morgan fingerprint density at radius 3 is 2.78 bits per heavy atom. The molecule has 1 aromatic carbocycles. The summed E-state index contributed by atoms with van der Waals surface area (Å²) in [6, 6.07) is 9.39. The highest BCUT2D eigenvalue weighted by Crippen LogP contribution is 2.25. The first-order valence-corrected chi connectivity index (χ1v) is 7.59. The molecule has 0 saturated heterocycles. The van der Waals surface area contributed by atoms with Crippen molar-refractivity contribution < 1.29 is 4.79 Å². The third-order valence-electron chi connectivity index (χ3n) is 3.99. The lowest BCUT2D eigenvalue weighted by molar-refractivity contribution is 0.251. The summed E-state index contributed by atoms with van der Waals surface area (Å²) in [6.45, 7) is 6.70. The van der Waals surface area contributed by atoms with Gasteiger partial charge in [-0.05, 0) is 50.1 Å². The minimum Gasteiger partial charge on any atom is -0.358 e. The van der Waals surface area contributed by atoms with E-state index in [-0.39, 0.29) is 6.03 Å². The standard InChI is InChI=1S/C18H20N4O/c1-11-8-14(17-15(9-11)12(2)13(3)21-17)10-20-18(23)22-16-6-4-5-7-19-16/h4-9,21H,10H2,1-3H3,(H2,19,20,22,23). The first-order valence-electron chi connectivity index (χ1n) is 7.59. The highest BCUT2D eigenvalue weighted by atomic mass is 16.2. The molecular formula is C18H20N4O. The number of aryl methyl sites for hydroxylation is 3. The number of pyridine rings is 1. The number of benzene rings is 1. The summed E-state index contributed by atoms with van der Waals surface area (Å²) in [5.41, 5.74) is 5.75. The summed E-state index contributed by atoms with van der Waals surface area (Å²) in [6.07, 6.45) is 1.64. The number of carbonyl (C=O) groups is 1. The number of carbonyl (C=O) groups excluding carboxylic acids is 1. The molecule has 23 heavy (non-hydrogen) atoms. The van der Waals surface area contributed by atoms with Crippen LogP contribution in [0.2, 0.25) is 0 Å². The molecule has 2 heterocycles. The van der Waals surface area contributed by atoms with Crippen molar-refractivity contribution in [3.63, 3.8) is 0 Å². The van der Waals surface area contributed by atoms with Gasteiger partial charge in [0.2, 0.25) is 0 Å². The van der Waals surface area contributed by atoms with Crippen LogP contribution >= 0.6 is 0 Å². The third-order valence-corrected chi connectivity index (χ3v) is 3.99. The van der Waals surface area contributed by atoms with Gasteiger partial charge in [0.1, 0.15) is 5.82 Å². The van der Waals surface area contributed by atoms with Gasteiger partial charge in [-0.2, -0.15) is 0 Å². The monoisotopic (exact) mass is 308 g/mol. The van der Waals surface area contributed by atoms with Crippen molar-refractivity contribution in [1.82, 2.24) is 15.3 Å². The summed E-state index contributed by atoms with van der Waals surface area (Å²) >= 11 is 0. The van der Waals surface area contributed by atoms with Crippen LogP contribution in [0, 0.1) is 20.8 Å². The molecule has 0 saturated carbocycles. The number of hydrogen-bond donors (Lipinski definition) is 3. The molecule has 0 spiro atoms. The number of nitrogens with zero attached hydrogens (tertiary/aromatic N) is 1. The average molecular weight is 308 g/mol. The van der Waals surface area contributed by atoms with Gasteiger partial charge in [-0.15, -0.1) is 0 Å². The predicted octanol–water partition coefficient (Wildman–Crippen LogP) is 3.81. The highest BCUT2D eigenvalue weighted by molar-refractivity contribution is 5.90. The van der Waals surface area contributed by atoms with E-state index in [1.807, 2.05) is 12.1 Å². The van der Waals surface area contributed by atoms with Gasteiger partial charge < -0.3 is 10.3 Å². The van der Waals surface area contributed by atoms with Crippen molar-refractivity contribution in [3.05, 3.63) is 58.9 Å². The molecule has 0 atom stereocenters. The summed E-state index contributed by atoms with van der Waals surface area (Å²) in [5, 5.41) is 6.82. The highest BCUT2D eigenvalue weighted by Gasteiger charge is 2.10. The number of H-pyrrole nitrogens is 1. The van der Waals surface area contributed by atoms with E-state index in [1.54, 1.807) is 12.3 Å². The predicted molar refractivity (Wildman–Crippen MR) is 92.6 cm³/mol. The third kappa shape index (κ3) is 3.18. The van der Waals surface area contributed by atoms with Crippen molar-refractivity contribution in [2.24, 2.45) is 0 Å². The SMILES string of the molecule is Cc1cc(CNC(=O)Nc2ccccn2)c2[nH]c(C)c(C)c2c1. The fourth-order valence-electron chi connectivity index (χ4n) is 2.70. The molecule has 0 aliphatic rings. The Labute approximate surface area is 135 Å². The lowest BCUT2D eigenvalue weighted by Gasteiger charge is -2.09. The Hall–Kier alpha value is -2.82. The molecule has 118 valence electrons. The maximum atomic E-state index is 12.0. The molecule has 5 nitrogen and oxygen atoms in total. The zero-order valence-corrected chi connectivity index (χ0v) is 13.5. The van der Waals surface area contributed by atoms with Gasteiger partial charge in [0, 0.05) is 23.8 Å². The van der Waals surface area contributed by atoms with Crippen molar-refractivity contribution in [3.8, 4) is 0 Å². The topological polar surface area (TPSA) is 69.8 Å². The number of urea groups is 1. The number of nitrogens with one attached hydrogen (secondary N) is 3. The van der Waals surface area contributed by atoms with Crippen molar-refractivity contribution >= 4 is 22.8 Å². The minimum absolute atomic E-state index is 0.265. The van der Waals surface area contributed by atoms with Crippen LogP contribution in [0.1, 0.15) is 22.4 Å². The van der Waals surface area contributed by atoms with E-state index in [0.29, 0.717) is 12.4 Å². The van der Waals surface area contributed by atoms with Crippen LogP contribution in [0.15, 0.2) is 36.5 Å². The summed E-state index contributed by atoms with van der Waals surface area (Å²) in [4.78, 5) is 19.5. The second-order valence-corrected chi connectivity index (χ2v) is 5.74. The van der Waals surface area contributed by atoms with Crippen molar-refractivity contribution in [2.45, 2.75) is 27.3 Å². The summed E-state index contributed by atoms with van der Waals surface area (Å²) in [5.74, 6) is 0.533. The first-order chi connectivity index (χ1) is 11.0. The maximum absolute atomic E-state index is 12.0. The van der Waals surface area contributed by atoms with Crippen molar-refractivity contribution in [1.29, 1.82) is 0 Å². The van der Waals surface area contributed by atoms with Gasteiger partial charge in [-0.25, -0.2) is 9.78 Å². The second-order valence-electron chi connectivity index (χ2n) is 5.74. The molecule has 3 N–H and O–H groups in total. The molecular weight excluding hydrogens is 288 g/mol. The molecule has 2 aromatic heterocycles. The molecule has 2 amide bonds. The van der Waals surface area contributed by atoms with E-state index in [4.69, 9.17) is 0 Å². The van der Waals surface area contributed by atoms with Crippen LogP contribution in [0.3, 0.4) is 0 Å². The fraction of sp³-hybridized carbons (Fsp3) is 0.222. The Bertz CT molecular complexity index is 852. The first kappa shape index (κ1) is 15.1. The van der Waals surface area contributed by atoms with E-state index in [0.717, 1.165) is 16.8 Å². The molecule has 0 bridgehead atoms. The smallest absolute Gasteiger partial charge is 0.320 e. The van der Waals surface area contributed by atoms with Crippen LogP contribution in [0.25, 0.3) is 10.9 Å². The maximum Gasteiger partial charge on any atom is 0.320 e. The van der Waals surface area contributed by atoms with Crippen LogP contribution < -0.4 is 10.6 Å². The van der Waals surface area contributed by atoms with Gasteiger partial charge in [-0.1, -0.05) is 17.7 Å². The van der Waals surface area contributed by atoms with Gasteiger partial charge >= 0.3 is 6.03 Å². The number of aromatic amines is 1. The average Bonchev–Trinajstić information content (AvgIpc) is 2.82. The molecule has 0 aliphatic carbocycles. The van der Waals surface area contributed by atoms with Crippen molar-refractivity contribution in [2.75, 3.05) is 5.32 Å². The van der Waals surface area contributed by atoms with E-state index in [2.05, 4.69) is 53.5 Å². The molecule has 3 rings (SSSR count). The van der Waals surface area contributed by atoms with Crippen LogP contribution in [0.4, 0.5) is 10.6 Å². The summed E-state index contributed by atoms with van der Waals surface area (Å²) < 4.78 is 0. The van der Waals surface area contributed by atoms with Gasteiger partial charge in [0.05, 0.1) is 5.52 Å². The second kappa shape index (κ2) is 6.12. The molecule has 3 aromatic rings. The molecule has 5 heteroatoms. The largest absolute Gasteiger partial charge is 0.358 e.